The van der Waals surface area contributed by atoms with E-state index in [1.54, 1.807) is 6.07 Å². The molecular formula is C10H14O3S. The predicted octanol–water partition coefficient (Wildman–Crippen LogP) is 2.06. The van der Waals surface area contributed by atoms with E-state index in [1.807, 2.05) is 13.8 Å². The van der Waals surface area contributed by atoms with Crippen molar-refractivity contribution in [1.29, 1.82) is 0 Å². The average molecular weight is 214 g/mol. The van der Waals surface area contributed by atoms with E-state index in [1.165, 1.54) is 12.1 Å². The molecule has 0 fully saturated rings. The molecule has 1 rings (SSSR count). The Bertz CT molecular complexity index is 421. The maximum Gasteiger partial charge on any atom is 0.294 e. The van der Waals surface area contributed by atoms with Gasteiger partial charge in [-0.15, -0.1) is 0 Å². The van der Waals surface area contributed by atoms with Crippen LogP contribution in [-0.2, 0) is 23.0 Å². The summed E-state index contributed by atoms with van der Waals surface area (Å²) in [5, 5.41) is 0. The maximum absolute atomic E-state index is 10.9. The van der Waals surface area contributed by atoms with Gasteiger partial charge in [-0.2, -0.15) is 8.42 Å². The maximum atomic E-state index is 10.9. The first kappa shape index (κ1) is 11.2. The second kappa shape index (κ2) is 4.11. The van der Waals surface area contributed by atoms with Gasteiger partial charge in [0.05, 0.1) is 4.90 Å². The van der Waals surface area contributed by atoms with Crippen LogP contribution in [0.15, 0.2) is 23.1 Å². The van der Waals surface area contributed by atoms with Gasteiger partial charge in [0.1, 0.15) is 0 Å². The zero-order valence-electron chi connectivity index (χ0n) is 8.32. The van der Waals surface area contributed by atoms with Gasteiger partial charge in [-0.3, -0.25) is 4.55 Å². The van der Waals surface area contributed by atoms with Crippen molar-refractivity contribution in [2.24, 2.45) is 0 Å². The molecule has 1 aromatic rings. The molecule has 14 heavy (non-hydrogen) atoms. The summed E-state index contributed by atoms with van der Waals surface area (Å²) < 4.78 is 30.6. The lowest BCUT2D eigenvalue weighted by Gasteiger charge is -2.06. The predicted molar refractivity (Wildman–Crippen MR) is 55.0 cm³/mol. The number of hydrogen-bond donors (Lipinski definition) is 1. The third-order valence-corrected chi connectivity index (χ3v) is 3.09. The summed E-state index contributed by atoms with van der Waals surface area (Å²) in [4.78, 5) is -0.0217. The standard InChI is InChI=1S/C10H14O3S/c1-3-8-5-6-10(14(11,12)13)7-9(8)4-2/h5-7H,3-4H2,1-2H3,(H,11,12,13). The molecule has 0 spiro atoms. The van der Waals surface area contributed by atoms with Gasteiger partial charge in [-0.1, -0.05) is 19.9 Å². The molecule has 0 amide bonds. The molecule has 0 aliphatic rings. The Hall–Kier alpha value is -0.870. The third-order valence-electron chi connectivity index (χ3n) is 2.24. The molecule has 78 valence electrons. The molecule has 0 saturated heterocycles. The van der Waals surface area contributed by atoms with Crippen LogP contribution in [0.1, 0.15) is 25.0 Å². The summed E-state index contributed by atoms with van der Waals surface area (Å²) in [6.45, 7) is 3.98. The van der Waals surface area contributed by atoms with Crippen LogP contribution in [0.4, 0.5) is 0 Å². The van der Waals surface area contributed by atoms with Crippen molar-refractivity contribution in [1.82, 2.24) is 0 Å². The number of hydrogen-bond acceptors (Lipinski definition) is 2. The molecule has 0 radical (unpaired) electrons. The molecule has 0 unspecified atom stereocenters. The topological polar surface area (TPSA) is 54.4 Å². The first-order chi connectivity index (χ1) is 6.49. The Morgan fingerprint density at radius 3 is 2.14 bits per heavy atom. The van der Waals surface area contributed by atoms with E-state index in [-0.39, 0.29) is 4.90 Å². The highest BCUT2D eigenvalue weighted by atomic mass is 32.2. The summed E-state index contributed by atoms with van der Waals surface area (Å²) >= 11 is 0. The van der Waals surface area contributed by atoms with Gasteiger partial charge in [0.2, 0.25) is 0 Å². The van der Waals surface area contributed by atoms with E-state index in [0.717, 1.165) is 24.0 Å². The fourth-order valence-electron chi connectivity index (χ4n) is 1.44. The third kappa shape index (κ3) is 2.33. The fourth-order valence-corrected chi connectivity index (χ4v) is 1.97. The lowest BCUT2D eigenvalue weighted by molar-refractivity contribution is 0.483. The summed E-state index contributed by atoms with van der Waals surface area (Å²) in [5.41, 5.74) is 2.10. The van der Waals surface area contributed by atoms with Gasteiger partial charge in [-0.25, -0.2) is 0 Å². The van der Waals surface area contributed by atoms with Crippen LogP contribution in [0.5, 0.6) is 0 Å². The number of aryl methyl sites for hydroxylation is 2. The fraction of sp³-hybridized carbons (Fsp3) is 0.400. The minimum atomic E-state index is -4.06. The van der Waals surface area contributed by atoms with Gasteiger partial charge < -0.3 is 0 Å². The average Bonchev–Trinajstić information content (AvgIpc) is 2.15. The molecule has 4 heteroatoms. The van der Waals surface area contributed by atoms with E-state index in [2.05, 4.69) is 0 Å². The first-order valence-corrected chi connectivity index (χ1v) is 6.02. The van der Waals surface area contributed by atoms with Crippen LogP contribution in [0.2, 0.25) is 0 Å². The van der Waals surface area contributed by atoms with Crippen molar-refractivity contribution in [2.45, 2.75) is 31.6 Å². The summed E-state index contributed by atoms with van der Waals surface area (Å²) in [6, 6.07) is 4.73. The SMILES string of the molecule is CCc1ccc(S(=O)(=O)O)cc1CC. The van der Waals surface area contributed by atoms with Crippen LogP contribution >= 0.6 is 0 Å². The van der Waals surface area contributed by atoms with Crippen LogP contribution in [0.25, 0.3) is 0 Å². The van der Waals surface area contributed by atoms with Crippen molar-refractivity contribution in [2.75, 3.05) is 0 Å². The highest BCUT2D eigenvalue weighted by Crippen LogP contribution is 2.16. The number of rotatable bonds is 3. The van der Waals surface area contributed by atoms with Crippen LogP contribution in [-0.4, -0.2) is 13.0 Å². The molecule has 1 N–H and O–H groups in total. The molecule has 0 saturated carbocycles. The van der Waals surface area contributed by atoms with Crippen molar-refractivity contribution >= 4 is 10.1 Å². The van der Waals surface area contributed by atoms with Crippen molar-refractivity contribution in [3.63, 3.8) is 0 Å². The highest BCUT2D eigenvalue weighted by Gasteiger charge is 2.10. The van der Waals surface area contributed by atoms with Gasteiger partial charge in [0.15, 0.2) is 0 Å². The van der Waals surface area contributed by atoms with Gasteiger partial charge in [0, 0.05) is 0 Å². The minimum Gasteiger partial charge on any atom is -0.282 e. The quantitative estimate of drug-likeness (QED) is 0.783. The van der Waals surface area contributed by atoms with E-state index in [9.17, 15) is 8.42 Å². The molecule has 0 aliphatic heterocycles. The molecule has 0 aromatic heterocycles. The van der Waals surface area contributed by atoms with Gasteiger partial charge >= 0.3 is 0 Å². The molecule has 0 aliphatic carbocycles. The first-order valence-electron chi connectivity index (χ1n) is 4.58. The van der Waals surface area contributed by atoms with Crippen LogP contribution < -0.4 is 0 Å². The molecule has 0 bridgehead atoms. The van der Waals surface area contributed by atoms with Gasteiger partial charge in [0.25, 0.3) is 10.1 Å². The van der Waals surface area contributed by atoms with Gasteiger partial charge in [-0.05, 0) is 36.1 Å². The molecule has 0 atom stereocenters. The van der Waals surface area contributed by atoms with Crippen LogP contribution in [0, 0.1) is 0 Å². The van der Waals surface area contributed by atoms with Crippen LogP contribution in [0.3, 0.4) is 0 Å². The zero-order chi connectivity index (χ0) is 10.8. The Kier molecular flexibility index (Phi) is 3.29. The Balaban J connectivity index is 3.28. The zero-order valence-corrected chi connectivity index (χ0v) is 9.13. The van der Waals surface area contributed by atoms with E-state index in [4.69, 9.17) is 4.55 Å². The summed E-state index contributed by atoms with van der Waals surface area (Å²) in [7, 11) is -4.06. The molecular weight excluding hydrogens is 200 g/mol. The smallest absolute Gasteiger partial charge is 0.282 e. The van der Waals surface area contributed by atoms with Crippen molar-refractivity contribution in [3.8, 4) is 0 Å². The minimum absolute atomic E-state index is 0.0217. The Morgan fingerprint density at radius 2 is 1.71 bits per heavy atom. The van der Waals surface area contributed by atoms with E-state index >= 15 is 0 Å². The summed E-state index contributed by atoms with van der Waals surface area (Å²) in [5.74, 6) is 0. The van der Waals surface area contributed by atoms with E-state index in [0.29, 0.717) is 0 Å². The largest absolute Gasteiger partial charge is 0.294 e. The lowest BCUT2D eigenvalue weighted by Crippen LogP contribution is -2.00. The molecule has 3 nitrogen and oxygen atoms in total. The summed E-state index contributed by atoms with van der Waals surface area (Å²) in [6.07, 6.45) is 1.64. The Labute approximate surface area is 84.5 Å². The second-order valence-corrected chi connectivity index (χ2v) is 4.53. The number of benzene rings is 1. The second-order valence-electron chi connectivity index (χ2n) is 3.11. The van der Waals surface area contributed by atoms with E-state index < -0.39 is 10.1 Å². The normalized spacial score (nSPS) is 11.6. The molecule has 0 heterocycles. The van der Waals surface area contributed by atoms with Crippen molar-refractivity contribution in [3.05, 3.63) is 29.3 Å². The lowest BCUT2D eigenvalue weighted by atomic mass is 10.0. The highest BCUT2D eigenvalue weighted by molar-refractivity contribution is 7.85. The monoisotopic (exact) mass is 214 g/mol. The molecule has 1 aromatic carbocycles. The Morgan fingerprint density at radius 1 is 1.14 bits per heavy atom. The van der Waals surface area contributed by atoms with Crippen molar-refractivity contribution < 1.29 is 13.0 Å².